The quantitative estimate of drug-likeness (QED) is 0.317. The minimum absolute atomic E-state index is 1.01. The standard InChI is InChI=1S/C7H12O7/c1-7(13)5(10)3(9)2(8)4(14-7)6(11)12/h2-5,8-10,13H,1H3,(H,11,12)/t2-,3-,4-,5+,7+/m0/s1/i/hD. The van der Waals surface area contributed by atoms with Crippen molar-refractivity contribution in [2.75, 3.05) is 0 Å². The van der Waals surface area contributed by atoms with Gasteiger partial charge >= 0.3 is 5.97 Å². The maximum absolute atomic E-state index is 10.9. The lowest BCUT2D eigenvalue weighted by Gasteiger charge is -2.42. The number of ether oxygens (including phenoxy) is 1. The number of carboxylic acids is 1. The van der Waals surface area contributed by atoms with Gasteiger partial charge in [-0.1, -0.05) is 0 Å². The normalized spacial score (nSPS) is 49.6. The van der Waals surface area contributed by atoms with Crippen molar-refractivity contribution >= 4 is 5.97 Å². The summed E-state index contributed by atoms with van der Waals surface area (Å²) in [6, 6.07) is 0. The van der Waals surface area contributed by atoms with Crippen LogP contribution in [0.25, 0.3) is 1.43 Å². The van der Waals surface area contributed by atoms with Crippen LogP contribution in [0.2, 0.25) is 0 Å². The van der Waals surface area contributed by atoms with Crippen LogP contribution in [0.15, 0.2) is 0 Å². The molecule has 7 nitrogen and oxygen atoms in total. The lowest BCUT2D eigenvalue weighted by molar-refractivity contribution is -0.333. The lowest BCUT2D eigenvalue weighted by Crippen LogP contribution is -2.64. The molecule has 0 aromatic heterocycles. The van der Waals surface area contributed by atoms with E-state index >= 15 is 0 Å². The maximum atomic E-state index is 10.9. The summed E-state index contributed by atoms with van der Waals surface area (Å²) in [4.78, 5) is 10.9. The van der Waals surface area contributed by atoms with Gasteiger partial charge in [-0.25, -0.2) is 4.79 Å². The van der Waals surface area contributed by atoms with E-state index in [0.29, 0.717) is 0 Å². The van der Waals surface area contributed by atoms with Crippen molar-refractivity contribution in [3.8, 4) is 0 Å². The maximum Gasteiger partial charge on any atom is 0.335 e. The Morgan fingerprint density at radius 2 is 2.00 bits per heavy atom. The van der Waals surface area contributed by atoms with Gasteiger partial charge in [-0.05, 0) is 6.92 Å². The third-order valence-corrected chi connectivity index (χ3v) is 2.13. The van der Waals surface area contributed by atoms with E-state index in [1.165, 1.54) is 0 Å². The Balaban J connectivity index is 2.89. The molecule has 0 spiro atoms. The fraction of sp³-hybridized carbons (Fsp3) is 0.857. The smallest absolute Gasteiger partial charge is 0.335 e. The molecular formula is C7H12O7. The summed E-state index contributed by atoms with van der Waals surface area (Å²) in [5, 5.41) is 40.9. The van der Waals surface area contributed by atoms with Gasteiger partial charge in [-0.15, -0.1) is 0 Å². The number of aliphatic hydroxyl groups excluding tert-OH is 3. The van der Waals surface area contributed by atoms with Crippen molar-refractivity contribution in [1.29, 1.82) is 1.43 Å². The molecule has 14 heavy (non-hydrogen) atoms. The molecule has 0 aromatic rings. The Labute approximate surface area is 80.7 Å². The number of rotatable bonds is 1. The lowest BCUT2D eigenvalue weighted by atomic mass is 9.93. The average Bonchev–Trinajstić information content (AvgIpc) is 2.19. The highest BCUT2D eigenvalue weighted by molar-refractivity contribution is 5.73. The molecule has 1 rings (SSSR count). The number of carbonyl (C=O) groups is 1. The molecule has 0 amide bonds. The van der Waals surface area contributed by atoms with Gasteiger partial charge in [-0.3, -0.25) is 0 Å². The van der Waals surface area contributed by atoms with E-state index in [1.54, 1.807) is 0 Å². The molecule has 1 fully saturated rings. The molecule has 1 heterocycles. The van der Waals surface area contributed by atoms with Gasteiger partial charge in [0.25, 0.3) is 1.43 Å². The minimum atomic E-state index is -2.20. The molecule has 5 N–H and O–H groups in total. The number of carboxylic acid groups (broad SMARTS) is 1. The highest BCUT2D eigenvalue weighted by Gasteiger charge is 2.52. The highest BCUT2D eigenvalue weighted by atomic mass is 16.7. The molecule has 0 saturated carbocycles. The van der Waals surface area contributed by atoms with Gasteiger partial charge in [-0.2, -0.15) is 0 Å². The van der Waals surface area contributed by atoms with Crippen molar-refractivity contribution in [1.82, 2.24) is 0 Å². The van der Waals surface area contributed by atoms with Crippen molar-refractivity contribution in [3.63, 3.8) is 0 Å². The van der Waals surface area contributed by atoms with E-state index in [-0.39, 0.29) is 0 Å². The molecule has 0 aromatic carbocycles. The van der Waals surface area contributed by atoms with E-state index < -0.39 is 36.2 Å². The Hall–Kier alpha value is -0.730. The summed E-state index contributed by atoms with van der Waals surface area (Å²) >= 11 is 0. The second kappa shape index (κ2) is 3.44. The zero-order valence-electron chi connectivity index (χ0n) is 8.32. The van der Waals surface area contributed by atoms with E-state index in [2.05, 4.69) is 9.85 Å². The number of hydrogen-bond acceptors (Lipinski definition) is 7. The molecule has 1 aliphatic heterocycles. The first-order valence-electron chi connectivity index (χ1n) is 4.33. The first kappa shape index (κ1) is 9.81. The van der Waals surface area contributed by atoms with Crippen LogP contribution in [0.4, 0.5) is 0 Å². The predicted octanol–water partition coefficient (Wildman–Crippen LogP) is -2.74. The van der Waals surface area contributed by atoms with Crippen LogP contribution >= 0.6 is 0 Å². The fourth-order valence-corrected chi connectivity index (χ4v) is 1.27. The van der Waals surface area contributed by atoms with Crippen molar-refractivity contribution < 1.29 is 35.1 Å². The Morgan fingerprint density at radius 3 is 2.50 bits per heavy atom. The zero-order valence-corrected chi connectivity index (χ0v) is 7.32. The summed E-state index contributed by atoms with van der Waals surface area (Å²) in [7, 11) is 0. The molecule has 82 valence electrons. The van der Waals surface area contributed by atoms with Crippen LogP contribution in [-0.2, 0) is 9.53 Å². The van der Waals surface area contributed by atoms with E-state index in [4.69, 9.17) is 1.43 Å². The summed E-state index contributed by atoms with van der Waals surface area (Å²) < 4.78 is 10.9. The molecule has 0 unspecified atom stereocenters. The van der Waals surface area contributed by atoms with Crippen LogP contribution in [0.5, 0.6) is 0 Å². The van der Waals surface area contributed by atoms with Gasteiger partial charge in [0.15, 0.2) is 11.9 Å². The SMILES string of the molecule is [2H]OC(=O)[C@H]1O[C@@](C)(O)[C@H](O)[C@@H](O)[C@@H]1O. The number of aliphatic carboxylic acids is 1. The molecule has 0 radical (unpaired) electrons. The molecule has 1 aliphatic rings. The van der Waals surface area contributed by atoms with Crippen molar-refractivity contribution in [2.24, 2.45) is 0 Å². The molecular weight excluding hydrogens is 196 g/mol. The first-order valence-corrected chi connectivity index (χ1v) is 3.92. The summed E-state index contributed by atoms with van der Waals surface area (Å²) in [6.45, 7) is 1.01. The van der Waals surface area contributed by atoms with Crippen molar-refractivity contribution in [3.05, 3.63) is 0 Å². The summed E-state index contributed by atoms with van der Waals surface area (Å²) in [5.74, 6) is -3.47. The topological polar surface area (TPSA) is 127 Å². The molecule has 7 heteroatoms. The molecule has 0 aliphatic carbocycles. The van der Waals surface area contributed by atoms with E-state index in [0.717, 1.165) is 6.92 Å². The second-order valence-electron chi connectivity index (χ2n) is 3.34. The Kier molecular flexibility index (Phi) is 2.41. The number of hydrogen-bond donors (Lipinski definition) is 5. The predicted molar refractivity (Wildman–Crippen MR) is 41.2 cm³/mol. The van der Waals surface area contributed by atoms with Crippen LogP contribution < -0.4 is 0 Å². The van der Waals surface area contributed by atoms with Crippen LogP contribution in [0.1, 0.15) is 6.92 Å². The molecule has 5 atom stereocenters. The fourth-order valence-electron chi connectivity index (χ4n) is 1.27. The van der Waals surface area contributed by atoms with Gasteiger partial charge in [0.05, 0.1) is 0 Å². The van der Waals surface area contributed by atoms with Crippen LogP contribution in [0, 0.1) is 0 Å². The van der Waals surface area contributed by atoms with Gasteiger partial charge in [0.2, 0.25) is 0 Å². The minimum Gasteiger partial charge on any atom is -0.479 e. The first-order chi connectivity index (χ1) is 6.81. The summed E-state index contributed by atoms with van der Waals surface area (Å²) in [5.41, 5.74) is 0. The molecule has 1 saturated heterocycles. The number of aliphatic hydroxyl groups is 4. The van der Waals surface area contributed by atoms with Crippen LogP contribution in [-0.4, -0.2) is 61.7 Å². The van der Waals surface area contributed by atoms with Gasteiger partial charge < -0.3 is 30.3 Å². The van der Waals surface area contributed by atoms with Gasteiger partial charge in [0.1, 0.15) is 18.3 Å². The van der Waals surface area contributed by atoms with E-state index in [1.807, 2.05) is 0 Å². The highest BCUT2D eigenvalue weighted by Crippen LogP contribution is 2.27. The average molecular weight is 209 g/mol. The largest absolute Gasteiger partial charge is 0.479 e. The second-order valence-corrected chi connectivity index (χ2v) is 3.34. The Bertz CT molecular complexity index is 256. The summed E-state index contributed by atoms with van der Waals surface area (Å²) in [6.07, 6.45) is -7.01. The third-order valence-electron chi connectivity index (χ3n) is 2.13. The zero-order chi connectivity index (χ0) is 11.8. The van der Waals surface area contributed by atoms with Crippen LogP contribution in [0.3, 0.4) is 0 Å². The molecule has 0 bridgehead atoms. The third kappa shape index (κ3) is 1.72. The monoisotopic (exact) mass is 209 g/mol. The van der Waals surface area contributed by atoms with Gasteiger partial charge in [0, 0.05) is 0 Å². The Morgan fingerprint density at radius 1 is 1.43 bits per heavy atom. The van der Waals surface area contributed by atoms with E-state index in [9.17, 15) is 25.2 Å². The van der Waals surface area contributed by atoms with Crippen molar-refractivity contribution in [2.45, 2.75) is 37.1 Å².